The van der Waals surface area contributed by atoms with Crippen LogP contribution in [0.1, 0.15) is 28.7 Å². The number of alkyl halides is 3. The molecule has 0 saturated heterocycles. The van der Waals surface area contributed by atoms with Gasteiger partial charge in [-0.05, 0) is 29.3 Å². The van der Waals surface area contributed by atoms with Crippen molar-refractivity contribution in [2.24, 2.45) is 5.73 Å². The molecule has 0 spiro atoms. The summed E-state index contributed by atoms with van der Waals surface area (Å²) in [6, 6.07) is 8.11. The minimum Gasteiger partial charge on any atom is -0.388 e. The Bertz CT molecular complexity index is 587. The second-order valence-corrected chi connectivity index (χ2v) is 4.69. The van der Waals surface area contributed by atoms with Crippen molar-refractivity contribution in [1.29, 1.82) is 0 Å². The highest BCUT2D eigenvalue weighted by molar-refractivity contribution is 5.31. The summed E-state index contributed by atoms with van der Waals surface area (Å²) in [7, 11) is 0. The first-order chi connectivity index (χ1) is 9.93. The number of aromatic nitrogens is 1. The number of rotatable bonds is 4. The smallest absolute Gasteiger partial charge is 0.388 e. The Labute approximate surface area is 120 Å². The van der Waals surface area contributed by atoms with E-state index >= 15 is 0 Å². The van der Waals surface area contributed by atoms with Gasteiger partial charge in [0, 0.05) is 24.9 Å². The van der Waals surface area contributed by atoms with Crippen LogP contribution in [0.4, 0.5) is 13.2 Å². The van der Waals surface area contributed by atoms with Gasteiger partial charge in [0.1, 0.15) is 0 Å². The van der Waals surface area contributed by atoms with E-state index in [2.05, 4.69) is 4.98 Å². The van der Waals surface area contributed by atoms with Gasteiger partial charge in [-0.3, -0.25) is 4.98 Å². The van der Waals surface area contributed by atoms with Crippen LogP contribution in [0, 0.1) is 0 Å². The average molecular weight is 296 g/mol. The number of pyridine rings is 1. The molecule has 1 heterocycles. The third kappa shape index (κ3) is 3.59. The van der Waals surface area contributed by atoms with Crippen LogP contribution in [-0.2, 0) is 6.18 Å². The van der Waals surface area contributed by atoms with Gasteiger partial charge in [0.2, 0.25) is 0 Å². The molecule has 0 aliphatic heterocycles. The molecule has 0 amide bonds. The lowest BCUT2D eigenvalue weighted by molar-refractivity contribution is -0.137. The van der Waals surface area contributed by atoms with Crippen molar-refractivity contribution < 1.29 is 18.3 Å². The summed E-state index contributed by atoms with van der Waals surface area (Å²) >= 11 is 0. The molecular weight excluding hydrogens is 281 g/mol. The molecule has 2 aromatic rings. The van der Waals surface area contributed by atoms with Gasteiger partial charge in [-0.1, -0.05) is 18.2 Å². The lowest BCUT2D eigenvalue weighted by Crippen LogP contribution is -2.21. The molecule has 2 atom stereocenters. The SMILES string of the molecule is NCC(c1cccc(C(F)(F)F)c1)C(O)c1ccncc1. The highest BCUT2D eigenvalue weighted by atomic mass is 19.4. The number of hydrogen-bond acceptors (Lipinski definition) is 3. The van der Waals surface area contributed by atoms with Gasteiger partial charge in [0.05, 0.1) is 11.7 Å². The molecular formula is C15H15F3N2O. The van der Waals surface area contributed by atoms with E-state index in [-0.39, 0.29) is 6.54 Å². The van der Waals surface area contributed by atoms with Crippen LogP contribution in [0.25, 0.3) is 0 Å². The third-order valence-electron chi connectivity index (χ3n) is 3.32. The van der Waals surface area contributed by atoms with Crippen molar-refractivity contribution in [2.75, 3.05) is 6.54 Å². The molecule has 3 N–H and O–H groups in total. The highest BCUT2D eigenvalue weighted by Crippen LogP contribution is 2.34. The minimum absolute atomic E-state index is 0.0325. The van der Waals surface area contributed by atoms with E-state index in [4.69, 9.17) is 5.73 Å². The molecule has 1 aromatic heterocycles. The maximum Gasteiger partial charge on any atom is 0.416 e. The Morgan fingerprint density at radius 3 is 2.33 bits per heavy atom. The zero-order chi connectivity index (χ0) is 15.5. The molecule has 1 aromatic carbocycles. The van der Waals surface area contributed by atoms with Crippen molar-refractivity contribution in [1.82, 2.24) is 4.98 Å². The monoisotopic (exact) mass is 296 g/mol. The van der Waals surface area contributed by atoms with Crippen LogP contribution in [0.3, 0.4) is 0 Å². The van der Waals surface area contributed by atoms with E-state index in [0.717, 1.165) is 12.1 Å². The van der Waals surface area contributed by atoms with Gasteiger partial charge in [-0.15, -0.1) is 0 Å². The Morgan fingerprint density at radius 1 is 1.10 bits per heavy atom. The van der Waals surface area contributed by atoms with Crippen LogP contribution in [0.2, 0.25) is 0 Å². The highest BCUT2D eigenvalue weighted by Gasteiger charge is 2.31. The Balaban J connectivity index is 2.34. The lowest BCUT2D eigenvalue weighted by Gasteiger charge is -2.23. The predicted molar refractivity (Wildman–Crippen MR) is 72.4 cm³/mol. The van der Waals surface area contributed by atoms with E-state index in [1.165, 1.54) is 24.5 Å². The largest absolute Gasteiger partial charge is 0.416 e. The number of hydrogen-bond donors (Lipinski definition) is 2. The van der Waals surface area contributed by atoms with Gasteiger partial charge < -0.3 is 10.8 Å². The number of benzene rings is 1. The normalized spacial score (nSPS) is 14.7. The lowest BCUT2D eigenvalue weighted by atomic mass is 9.88. The van der Waals surface area contributed by atoms with E-state index in [0.29, 0.717) is 11.1 Å². The Kier molecular flexibility index (Phi) is 4.59. The summed E-state index contributed by atoms with van der Waals surface area (Å²) in [5.74, 6) is -0.616. The fourth-order valence-electron chi connectivity index (χ4n) is 2.19. The van der Waals surface area contributed by atoms with Gasteiger partial charge in [0.15, 0.2) is 0 Å². The maximum absolute atomic E-state index is 12.8. The molecule has 21 heavy (non-hydrogen) atoms. The second-order valence-electron chi connectivity index (χ2n) is 4.69. The summed E-state index contributed by atoms with van der Waals surface area (Å²) in [6.07, 6.45) is -2.38. The van der Waals surface area contributed by atoms with Crippen molar-refractivity contribution >= 4 is 0 Å². The maximum atomic E-state index is 12.8. The first-order valence-electron chi connectivity index (χ1n) is 6.38. The fourth-order valence-corrected chi connectivity index (χ4v) is 2.19. The van der Waals surface area contributed by atoms with Crippen molar-refractivity contribution in [3.8, 4) is 0 Å². The molecule has 0 aliphatic carbocycles. The molecule has 3 nitrogen and oxygen atoms in total. The molecule has 2 unspecified atom stereocenters. The first kappa shape index (κ1) is 15.5. The summed E-state index contributed by atoms with van der Waals surface area (Å²) in [6.45, 7) is 0.0325. The zero-order valence-electron chi connectivity index (χ0n) is 11.1. The van der Waals surface area contributed by atoms with E-state index in [1.807, 2.05) is 0 Å². The third-order valence-corrected chi connectivity index (χ3v) is 3.32. The van der Waals surface area contributed by atoms with Crippen LogP contribution in [-0.4, -0.2) is 16.6 Å². The number of nitrogens with two attached hydrogens (primary N) is 1. The molecule has 2 rings (SSSR count). The van der Waals surface area contributed by atoms with Gasteiger partial charge >= 0.3 is 6.18 Å². The number of aliphatic hydroxyl groups is 1. The Hall–Kier alpha value is -1.92. The van der Waals surface area contributed by atoms with Crippen molar-refractivity contribution in [3.05, 3.63) is 65.5 Å². The van der Waals surface area contributed by atoms with Crippen LogP contribution < -0.4 is 5.73 Å². The van der Waals surface area contributed by atoms with Gasteiger partial charge in [-0.25, -0.2) is 0 Å². The van der Waals surface area contributed by atoms with E-state index in [9.17, 15) is 18.3 Å². The second kappa shape index (κ2) is 6.24. The number of halogens is 3. The standard InChI is InChI=1S/C15H15F3N2O/c16-15(17,18)12-3-1-2-11(8-12)13(9-19)14(21)10-4-6-20-7-5-10/h1-8,13-14,21H,9,19H2. The first-order valence-corrected chi connectivity index (χ1v) is 6.38. The summed E-state index contributed by atoms with van der Waals surface area (Å²) in [4.78, 5) is 3.84. The minimum atomic E-state index is -4.42. The molecule has 0 aliphatic rings. The van der Waals surface area contributed by atoms with Gasteiger partial charge in [0.25, 0.3) is 0 Å². The van der Waals surface area contributed by atoms with Crippen molar-refractivity contribution in [3.63, 3.8) is 0 Å². The summed E-state index contributed by atoms with van der Waals surface area (Å²) in [5.41, 5.74) is 5.82. The Morgan fingerprint density at radius 2 is 1.76 bits per heavy atom. The van der Waals surface area contributed by atoms with E-state index < -0.39 is 23.8 Å². The number of aliphatic hydroxyl groups excluding tert-OH is 1. The van der Waals surface area contributed by atoms with Gasteiger partial charge in [-0.2, -0.15) is 13.2 Å². The predicted octanol–water partition coefficient (Wildman–Crippen LogP) is 2.88. The molecule has 6 heteroatoms. The van der Waals surface area contributed by atoms with Crippen molar-refractivity contribution in [2.45, 2.75) is 18.2 Å². The number of nitrogens with zero attached hydrogens (tertiary/aromatic N) is 1. The van der Waals surface area contributed by atoms with Crippen LogP contribution in [0.15, 0.2) is 48.8 Å². The fraction of sp³-hybridized carbons (Fsp3) is 0.267. The topological polar surface area (TPSA) is 59.1 Å². The summed E-state index contributed by atoms with van der Waals surface area (Å²) in [5, 5.41) is 10.3. The summed E-state index contributed by atoms with van der Waals surface area (Å²) < 4.78 is 38.3. The van der Waals surface area contributed by atoms with E-state index in [1.54, 1.807) is 12.1 Å². The average Bonchev–Trinajstić information content (AvgIpc) is 2.48. The molecule has 112 valence electrons. The quantitative estimate of drug-likeness (QED) is 0.912. The van der Waals surface area contributed by atoms with Crippen LogP contribution in [0.5, 0.6) is 0 Å². The molecule has 0 radical (unpaired) electrons. The van der Waals surface area contributed by atoms with Crippen LogP contribution >= 0.6 is 0 Å². The molecule has 0 fully saturated rings. The zero-order valence-corrected chi connectivity index (χ0v) is 11.1. The molecule has 0 bridgehead atoms. The molecule has 0 saturated carbocycles.